The third-order valence-electron chi connectivity index (χ3n) is 3.06. The third-order valence-corrected chi connectivity index (χ3v) is 3.06. The number of hydrogen-bond donors (Lipinski definition) is 4. The van der Waals surface area contributed by atoms with Gasteiger partial charge in [-0.2, -0.15) is 0 Å². The number of benzene rings is 1. The summed E-state index contributed by atoms with van der Waals surface area (Å²) < 4.78 is 0. The van der Waals surface area contributed by atoms with Gasteiger partial charge < -0.3 is 16.0 Å². The summed E-state index contributed by atoms with van der Waals surface area (Å²) in [4.78, 5) is 34.8. The average molecular weight is 290 g/mol. The quantitative estimate of drug-likeness (QED) is 0.598. The van der Waals surface area contributed by atoms with E-state index in [2.05, 4.69) is 21.3 Å². The Kier molecular flexibility index (Phi) is 4.89. The van der Waals surface area contributed by atoms with E-state index in [-0.39, 0.29) is 30.8 Å². The van der Waals surface area contributed by atoms with Gasteiger partial charge in [0.2, 0.25) is 11.8 Å². The van der Waals surface area contributed by atoms with Crippen LogP contribution in [-0.2, 0) is 9.59 Å². The number of amides is 3. The Hall–Kier alpha value is -2.41. The molecule has 0 aromatic heterocycles. The van der Waals surface area contributed by atoms with Gasteiger partial charge in [-0.15, -0.1) is 0 Å². The third kappa shape index (κ3) is 4.03. The highest BCUT2D eigenvalue weighted by Gasteiger charge is 2.23. The molecule has 4 N–H and O–H groups in total. The summed E-state index contributed by atoms with van der Waals surface area (Å²) in [5.74, 6) is -0.558. The first-order chi connectivity index (χ1) is 10.1. The van der Waals surface area contributed by atoms with Gasteiger partial charge in [0.25, 0.3) is 5.91 Å². The van der Waals surface area contributed by atoms with E-state index in [1.807, 2.05) is 6.92 Å². The zero-order valence-corrected chi connectivity index (χ0v) is 11.7. The van der Waals surface area contributed by atoms with Gasteiger partial charge >= 0.3 is 0 Å². The van der Waals surface area contributed by atoms with Crippen LogP contribution in [0.3, 0.4) is 0 Å². The van der Waals surface area contributed by atoms with E-state index in [9.17, 15) is 14.4 Å². The molecule has 1 fully saturated rings. The Morgan fingerprint density at radius 3 is 2.86 bits per heavy atom. The molecule has 1 heterocycles. The van der Waals surface area contributed by atoms with E-state index in [4.69, 9.17) is 0 Å². The van der Waals surface area contributed by atoms with Gasteiger partial charge in [-0.25, -0.2) is 0 Å². The van der Waals surface area contributed by atoms with Gasteiger partial charge in [0, 0.05) is 24.3 Å². The van der Waals surface area contributed by atoms with E-state index in [0.29, 0.717) is 17.8 Å². The second kappa shape index (κ2) is 6.85. The van der Waals surface area contributed by atoms with Crippen LogP contribution >= 0.6 is 0 Å². The molecule has 1 unspecified atom stereocenters. The van der Waals surface area contributed by atoms with Crippen molar-refractivity contribution in [1.29, 1.82) is 0 Å². The summed E-state index contributed by atoms with van der Waals surface area (Å²) in [7, 11) is 0. The van der Waals surface area contributed by atoms with Crippen molar-refractivity contribution in [2.45, 2.75) is 13.0 Å². The zero-order valence-electron chi connectivity index (χ0n) is 11.7. The molecule has 0 radical (unpaired) electrons. The summed E-state index contributed by atoms with van der Waals surface area (Å²) >= 11 is 0. The van der Waals surface area contributed by atoms with Crippen LogP contribution in [0.4, 0.5) is 5.69 Å². The van der Waals surface area contributed by atoms with Crippen LogP contribution in [-0.4, -0.2) is 43.4 Å². The first kappa shape index (κ1) is 15.0. The molecule has 3 amide bonds. The van der Waals surface area contributed by atoms with Crippen LogP contribution in [0.25, 0.3) is 0 Å². The van der Waals surface area contributed by atoms with Gasteiger partial charge in [-0.3, -0.25) is 19.7 Å². The molecular formula is C14H18N4O3. The van der Waals surface area contributed by atoms with Crippen molar-refractivity contribution in [3.63, 3.8) is 0 Å². The van der Waals surface area contributed by atoms with Crippen molar-refractivity contribution in [3.05, 3.63) is 29.8 Å². The van der Waals surface area contributed by atoms with Crippen molar-refractivity contribution in [3.8, 4) is 0 Å². The topological polar surface area (TPSA) is 99.3 Å². The fourth-order valence-corrected chi connectivity index (χ4v) is 1.98. The SMILES string of the molecule is CCNC(=O)c1cccc(NC(=O)C2CNC(=O)CN2)c1. The molecule has 21 heavy (non-hydrogen) atoms. The number of nitrogens with one attached hydrogen (secondary N) is 4. The summed E-state index contributed by atoms with van der Waals surface area (Å²) in [5, 5.41) is 10.9. The predicted octanol–water partition coefficient (Wildman–Crippen LogP) is -0.537. The van der Waals surface area contributed by atoms with Crippen LogP contribution in [0, 0.1) is 0 Å². The van der Waals surface area contributed by atoms with Crippen LogP contribution in [0.1, 0.15) is 17.3 Å². The van der Waals surface area contributed by atoms with Crippen LogP contribution in [0.15, 0.2) is 24.3 Å². The molecule has 0 saturated carbocycles. The van der Waals surface area contributed by atoms with Gasteiger partial charge in [0.05, 0.1) is 6.54 Å². The Balaban J connectivity index is 1.99. The van der Waals surface area contributed by atoms with Crippen LogP contribution in [0.2, 0.25) is 0 Å². The van der Waals surface area contributed by atoms with Crippen LogP contribution in [0.5, 0.6) is 0 Å². The lowest BCUT2D eigenvalue weighted by molar-refractivity contribution is -0.124. The number of rotatable bonds is 4. The Morgan fingerprint density at radius 2 is 2.19 bits per heavy atom. The Labute approximate surface area is 122 Å². The molecule has 1 saturated heterocycles. The molecule has 7 nitrogen and oxygen atoms in total. The van der Waals surface area contributed by atoms with Gasteiger partial charge in [0.15, 0.2) is 0 Å². The average Bonchev–Trinajstić information content (AvgIpc) is 2.48. The van der Waals surface area contributed by atoms with E-state index in [1.54, 1.807) is 24.3 Å². The molecule has 1 atom stereocenters. The highest BCUT2D eigenvalue weighted by atomic mass is 16.2. The molecule has 7 heteroatoms. The molecule has 1 aliphatic rings. The maximum atomic E-state index is 12.1. The van der Waals surface area contributed by atoms with Crippen molar-refractivity contribution < 1.29 is 14.4 Å². The van der Waals surface area contributed by atoms with Crippen molar-refractivity contribution in [1.82, 2.24) is 16.0 Å². The standard InChI is InChI=1S/C14H18N4O3/c1-2-15-13(20)9-4-3-5-10(6-9)18-14(21)11-7-17-12(19)8-16-11/h3-6,11,16H,2,7-8H2,1H3,(H,15,20)(H,17,19)(H,18,21). The maximum absolute atomic E-state index is 12.1. The van der Waals surface area contributed by atoms with Gasteiger partial charge in [0.1, 0.15) is 6.04 Å². The molecule has 1 aliphatic heterocycles. The normalized spacial score (nSPS) is 17.8. The molecule has 0 aliphatic carbocycles. The summed E-state index contributed by atoms with van der Waals surface area (Å²) in [5.41, 5.74) is 1.03. The minimum absolute atomic E-state index is 0.122. The lowest BCUT2D eigenvalue weighted by atomic mass is 10.1. The second-order valence-electron chi connectivity index (χ2n) is 4.67. The highest BCUT2D eigenvalue weighted by molar-refractivity contribution is 5.99. The second-order valence-corrected chi connectivity index (χ2v) is 4.67. The zero-order chi connectivity index (χ0) is 15.2. The lowest BCUT2D eigenvalue weighted by Gasteiger charge is -2.23. The fourth-order valence-electron chi connectivity index (χ4n) is 1.98. The largest absolute Gasteiger partial charge is 0.353 e. The number of carbonyl (C=O) groups excluding carboxylic acids is 3. The first-order valence-corrected chi connectivity index (χ1v) is 6.79. The molecule has 1 aromatic carbocycles. The number of anilines is 1. The van der Waals surface area contributed by atoms with E-state index < -0.39 is 6.04 Å². The molecule has 0 bridgehead atoms. The number of carbonyl (C=O) groups is 3. The van der Waals surface area contributed by atoms with Crippen molar-refractivity contribution >= 4 is 23.4 Å². The first-order valence-electron chi connectivity index (χ1n) is 6.79. The summed E-state index contributed by atoms with van der Waals surface area (Å²) in [6, 6.07) is 6.23. The number of piperazine rings is 1. The minimum Gasteiger partial charge on any atom is -0.353 e. The van der Waals surface area contributed by atoms with Crippen LogP contribution < -0.4 is 21.3 Å². The molecule has 112 valence electrons. The van der Waals surface area contributed by atoms with E-state index >= 15 is 0 Å². The molecule has 0 spiro atoms. The highest BCUT2D eigenvalue weighted by Crippen LogP contribution is 2.11. The molecular weight excluding hydrogens is 272 g/mol. The van der Waals surface area contributed by atoms with E-state index in [0.717, 1.165) is 0 Å². The fraction of sp³-hybridized carbons (Fsp3) is 0.357. The molecule has 1 aromatic rings. The Bertz CT molecular complexity index is 549. The van der Waals surface area contributed by atoms with Gasteiger partial charge in [-0.05, 0) is 25.1 Å². The number of hydrogen-bond acceptors (Lipinski definition) is 4. The minimum atomic E-state index is -0.476. The maximum Gasteiger partial charge on any atom is 0.251 e. The Morgan fingerprint density at radius 1 is 1.38 bits per heavy atom. The van der Waals surface area contributed by atoms with Gasteiger partial charge in [-0.1, -0.05) is 6.07 Å². The summed E-state index contributed by atoms with van der Waals surface area (Å²) in [6.45, 7) is 2.76. The summed E-state index contributed by atoms with van der Waals surface area (Å²) in [6.07, 6.45) is 0. The van der Waals surface area contributed by atoms with Crippen molar-refractivity contribution in [2.75, 3.05) is 25.0 Å². The monoisotopic (exact) mass is 290 g/mol. The lowest BCUT2D eigenvalue weighted by Crippen LogP contribution is -2.56. The molecule has 2 rings (SSSR count). The smallest absolute Gasteiger partial charge is 0.251 e. The predicted molar refractivity (Wildman–Crippen MR) is 77.9 cm³/mol. The van der Waals surface area contributed by atoms with E-state index in [1.165, 1.54) is 0 Å². The van der Waals surface area contributed by atoms with Crippen molar-refractivity contribution in [2.24, 2.45) is 0 Å².